The molecule has 2 amide bonds. The van der Waals surface area contributed by atoms with Crippen molar-refractivity contribution < 1.29 is 18.7 Å². The van der Waals surface area contributed by atoms with Gasteiger partial charge in [-0.2, -0.15) is 5.10 Å². The molecule has 23 heavy (non-hydrogen) atoms. The van der Waals surface area contributed by atoms with Crippen molar-refractivity contribution in [3.63, 3.8) is 0 Å². The molecule has 0 saturated heterocycles. The van der Waals surface area contributed by atoms with Gasteiger partial charge in [-0.05, 0) is 25.1 Å². The van der Waals surface area contributed by atoms with Gasteiger partial charge in [0.15, 0.2) is 0 Å². The molecule has 0 aliphatic heterocycles. The van der Waals surface area contributed by atoms with E-state index in [1.807, 2.05) is 0 Å². The Hall–Kier alpha value is -2.61. The van der Waals surface area contributed by atoms with E-state index < -0.39 is 17.8 Å². The highest BCUT2D eigenvalue weighted by Crippen LogP contribution is 2.20. The van der Waals surface area contributed by atoms with Gasteiger partial charge in [-0.25, -0.2) is 14.0 Å². The highest BCUT2D eigenvalue weighted by molar-refractivity contribution is 6.30. The Bertz CT molecular complexity index is 748. The lowest BCUT2D eigenvalue weighted by molar-refractivity contribution is 0.0527. The highest BCUT2D eigenvalue weighted by Gasteiger charge is 2.19. The number of benzene rings is 1. The van der Waals surface area contributed by atoms with Gasteiger partial charge < -0.3 is 10.1 Å². The first-order valence-corrected chi connectivity index (χ1v) is 7.02. The van der Waals surface area contributed by atoms with Gasteiger partial charge in [0, 0.05) is 12.1 Å². The van der Waals surface area contributed by atoms with Gasteiger partial charge in [0.05, 0.1) is 18.5 Å². The van der Waals surface area contributed by atoms with E-state index >= 15 is 0 Å². The van der Waals surface area contributed by atoms with Crippen molar-refractivity contribution in [1.29, 1.82) is 0 Å². The van der Waals surface area contributed by atoms with E-state index in [1.165, 1.54) is 23.0 Å². The van der Waals surface area contributed by atoms with Crippen LogP contribution in [0.5, 0.6) is 0 Å². The summed E-state index contributed by atoms with van der Waals surface area (Å²) < 4.78 is 19.8. The second kappa shape index (κ2) is 7.10. The number of hydrogen-bond donors (Lipinski definition) is 2. The maximum absolute atomic E-state index is 13.7. The van der Waals surface area contributed by atoms with E-state index in [2.05, 4.69) is 15.7 Å². The minimum absolute atomic E-state index is 0.0493. The fraction of sp³-hybridized carbons (Fsp3) is 0.214. The number of urea groups is 1. The minimum atomic E-state index is -0.736. The molecule has 0 saturated carbocycles. The summed E-state index contributed by atoms with van der Waals surface area (Å²) in [5.74, 6) is -1.16. The van der Waals surface area contributed by atoms with Crippen molar-refractivity contribution in [3.8, 4) is 0 Å². The minimum Gasteiger partial charge on any atom is -0.462 e. The van der Waals surface area contributed by atoms with Crippen LogP contribution in [0.15, 0.2) is 24.4 Å². The van der Waals surface area contributed by atoms with E-state index in [-0.39, 0.29) is 28.7 Å². The van der Waals surface area contributed by atoms with Crippen LogP contribution in [0.3, 0.4) is 0 Å². The number of esters is 1. The van der Waals surface area contributed by atoms with Gasteiger partial charge in [0.25, 0.3) is 0 Å². The number of anilines is 2. The van der Waals surface area contributed by atoms with Crippen LogP contribution in [0.1, 0.15) is 17.3 Å². The van der Waals surface area contributed by atoms with Crippen LogP contribution in [0.25, 0.3) is 0 Å². The summed E-state index contributed by atoms with van der Waals surface area (Å²) in [6, 6.07) is 3.10. The van der Waals surface area contributed by atoms with Crippen LogP contribution in [-0.4, -0.2) is 28.4 Å². The number of nitrogens with zero attached hydrogens (tertiary/aromatic N) is 2. The molecule has 1 aromatic heterocycles. The first kappa shape index (κ1) is 16.8. The molecule has 0 aliphatic rings. The van der Waals surface area contributed by atoms with Gasteiger partial charge in [-0.1, -0.05) is 11.6 Å². The molecule has 1 aromatic carbocycles. The maximum atomic E-state index is 13.7. The molecular weight excluding hydrogens is 327 g/mol. The van der Waals surface area contributed by atoms with Gasteiger partial charge in [-0.15, -0.1) is 0 Å². The average Bonchev–Trinajstić information content (AvgIpc) is 2.84. The zero-order chi connectivity index (χ0) is 17.0. The van der Waals surface area contributed by atoms with Crippen LogP contribution in [0.4, 0.5) is 20.7 Å². The summed E-state index contributed by atoms with van der Waals surface area (Å²) in [5, 5.41) is 8.87. The molecule has 0 bridgehead atoms. The number of carbonyl (C=O) groups excluding carboxylic acids is 2. The number of carbonyl (C=O) groups is 2. The van der Waals surface area contributed by atoms with Crippen LogP contribution in [0.2, 0.25) is 5.02 Å². The fourth-order valence-electron chi connectivity index (χ4n) is 1.80. The van der Waals surface area contributed by atoms with Crippen LogP contribution < -0.4 is 10.6 Å². The smallest absolute Gasteiger partial charge is 0.343 e. The molecule has 7 nitrogen and oxygen atoms in total. The van der Waals surface area contributed by atoms with E-state index in [0.29, 0.717) is 0 Å². The van der Waals surface area contributed by atoms with Crippen LogP contribution in [0, 0.1) is 5.82 Å². The Morgan fingerprint density at radius 3 is 2.78 bits per heavy atom. The third-order valence-electron chi connectivity index (χ3n) is 2.85. The van der Waals surface area contributed by atoms with Crippen molar-refractivity contribution >= 4 is 35.1 Å². The Morgan fingerprint density at radius 1 is 1.39 bits per heavy atom. The highest BCUT2D eigenvalue weighted by atomic mass is 35.5. The number of nitrogens with one attached hydrogen (secondary N) is 2. The number of aromatic nitrogens is 2. The molecule has 0 unspecified atom stereocenters. The number of amides is 2. The average molecular weight is 341 g/mol. The van der Waals surface area contributed by atoms with Crippen molar-refractivity contribution in [2.24, 2.45) is 7.05 Å². The van der Waals surface area contributed by atoms with Crippen molar-refractivity contribution in [2.75, 3.05) is 17.2 Å². The van der Waals surface area contributed by atoms with E-state index in [1.54, 1.807) is 14.0 Å². The normalized spacial score (nSPS) is 10.3. The van der Waals surface area contributed by atoms with E-state index in [0.717, 1.165) is 6.07 Å². The standard InChI is InChI=1S/C14H14ClFN4O3/c1-3-23-13(21)9-7-17-20(2)12(9)19-14(22)18-11-5-4-8(15)6-10(11)16/h4-7H,3H2,1-2H3,(H2,18,19,22). The van der Waals surface area contributed by atoms with Gasteiger partial charge in [0.1, 0.15) is 17.2 Å². The molecule has 1 heterocycles. The quantitative estimate of drug-likeness (QED) is 0.838. The number of hydrogen-bond acceptors (Lipinski definition) is 4. The molecule has 122 valence electrons. The predicted molar refractivity (Wildman–Crippen MR) is 83.2 cm³/mol. The number of ether oxygens (including phenoxy) is 1. The lowest BCUT2D eigenvalue weighted by atomic mass is 10.3. The Labute approximate surface area is 136 Å². The molecule has 0 aliphatic carbocycles. The molecule has 0 atom stereocenters. The van der Waals surface area contributed by atoms with Gasteiger partial charge >= 0.3 is 12.0 Å². The van der Waals surface area contributed by atoms with Crippen molar-refractivity contribution in [3.05, 3.63) is 40.8 Å². The molecule has 0 radical (unpaired) electrons. The number of rotatable bonds is 4. The third kappa shape index (κ3) is 3.98. The zero-order valence-electron chi connectivity index (χ0n) is 12.4. The first-order chi connectivity index (χ1) is 10.9. The molecule has 2 rings (SSSR count). The Morgan fingerprint density at radius 2 is 2.13 bits per heavy atom. The Balaban J connectivity index is 2.14. The first-order valence-electron chi connectivity index (χ1n) is 6.64. The molecular formula is C14H14ClFN4O3. The summed E-state index contributed by atoms with van der Waals surface area (Å²) in [7, 11) is 1.54. The number of aryl methyl sites for hydroxylation is 1. The lowest BCUT2D eigenvalue weighted by Crippen LogP contribution is -2.23. The fourth-order valence-corrected chi connectivity index (χ4v) is 1.95. The molecule has 0 fully saturated rings. The number of halogens is 2. The molecule has 2 N–H and O–H groups in total. The maximum Gasteiger partial charge on any atom is 0.343 e. The summed E-state index contributed by atoms with van der Waals surface area (Å²) in [5.41, 5.74) is 0.0489. The molecule has 9 heteroatoms. The van der Waals surface area contributed by atoms with Crippen LogP contribution in [-0.2, 0) is 11.8 Å². The largest absolute Gasteiger partial charge is 0.462 e. The van der Waals surface area contributed by atoms with E-state index in [9.17, 15) is 14.0 Å². The van der Waals surface area contributed by atoms with Crippen molar-refractivity contribution in [2.45, 2.75) is 6.92 Å². The predicted octanol–water partition coefficient (Wildman–Crippen LogP) is 3.03. The molecule has 0 spiro atoms. The molecule has 2 aromatic rings. The summed E-state index contributed by atoms with van der Waals surface area (Å²) in [6.45, 7) is 1.85. The topological polar surface area (TPSA) is 85.2 Å². The van der Waals surface area contributed by atoms with Gasteiger partial charge in [0.2, 0.25) is 0 Å². The van der Waals surface area contributed by atoms with E-state index in [4.69, 9.17) is 16.3 Å². The van der Waals surface area contributed by atoms with Crippen LogP contribution >= 0.6 is 11.6 Å². The Kier molecular flexibility index (Phi) is 5.17. The monoisotopic (exact) mass is 340 g/mol. The second-order valence-corrected chi connectivity index (χ2v) is 4.89. The van der Waals surface area contributed by atoms with Crippen molar-refractivity contribution in [1.82, 2.24) is 9.78 Å². The second-order valence-electron chi connectivity index (χ2n) is 4.45. The third-order valence-corrected chi connectivity index (χ3v) is 3.08. The lowest BCUT2D eigenvalue weighted by Gasteiger charge is -2.10. The summed E-state index contributed by atoms with van der Waals surface area (Å²) >= 11 is 5.64. The summed E-state index contributed by atoms with van der Waals surface area (Å²) in [6.07, 6.45) is 1.27. The zero-order valence-corrected chi connectivity index (χ0v) is 13.1. The SMILES string of the molecule is CCOC(=O)c1cnn(C)c1NC(=O)Nc1ccc(Cl)cc1F. The van der Waals surface area contributed by atoms with Gasteiger partial charge in [-0.3, -0.25) is 10.00 Å². The summed E-state index contributed by atoms with van der Waals surface area (Å²) in [4.78, 5) is 23.8.